The van der Waals surface area contributed by atoms with E-state index in [0.717, 1.165) is 18.4 Å². The Hall–Kier alpha value is -4.35. The number of rotatable bonds is 19. The van der Waals surface area contributed by atoms with Crippen molar-refractivity contribution in [2.45, 2.75) is 58.4 Å². The van der Waals surface area contributed by atoms with Gasteiger partial charge in [-0.1, -0.05) is 50.1 Å². The first-order valence-corrected chi connectivity index (χ1v) is 13.1. The highest BCUT2D eigenvalue weighted by Gasteiger charge is 2.22. The van der Waals surface area contributed by atoms with E-state index in [1.807, 2.05) is 6.07 Å². The molecule has 2 atom stereocenters. The third-order valence-corrected chi connectivity index (χ3v) is 5.77. The minimum Gasteiger partial charge on any atom is -0.368 e. The molecule has 0 bridgehead atoms. The van der Waals surface area contributed by atoms with Crippen molar-refractivity contribution in [3.8, 4) is 0 Å². The molecule has 12 heteroatoms. The van der Waals surface area contributed by atoms with E-state index in [9.17, 15) is 33.6 Å². The third-order valence-electron chi connectivity index (χ3n) is 5.77. The molecule has 0 fully saturated rings. The number of hydrogen-bond acceptors (Lipinski definition) is 7. The lowest BCUT2D eigenvalue weighted by Gasteiger charge is -2.18. The van der Waals surface area contributed by atoms with Crippen molar-refractivity contribution in [3.63, 3.8) is 0 Å². The van der Waals surface area contributed by atoms with Crippen molar-refractivity contribution >= 4 is 41.1 Å². The van der Waals surface area contributed by atoms with Crippen molar-refractivity contribution in [3.05, 3.63) is 48.0 Å². The zero-order chi connectivity index (χ0) is 29.9. The van der Waals surface area contributed by atoms with Crippen LogP contribution in [0.25, 0.3) is 0 Å². The van der Waals surface area contributed by atoms with Crippen LogP contribution in [0.3, 0.4) is 0 Å². The van der Waals surface area contributed by atoms with Crippen molar-refractivity contribution in [1.29, 1.82) is 0 Å². The van der Waals surface area contributed by atoms with Crippen LogP contribution in [0, 0.1) is 5.92 Å². The molecule has 0 spiro atoms. The number of amides is 5. The first kappa shape index (κ1) is 33.7. The SMILES string of the molecule is CC(=O)/C=C\C(=O)C(C)CCCCCC(=O)NCC(=O)NCC(=O)N[C@@H](Cc1ccccc1)C(=O)NCC(N)=O. The normalized spacial score (nSPS) is 12.2. The lowest BCUT2D eigenvalue weighted by Crippen LogP contribution is -2.52. The van der Waals surface area contributed by atoms with Gasteiger partial charge < -0.3 is 27.0 Å². The van der Waals surface area contributed by atoms with E-state index in [-0.39, 0.29) is 49.3 Å². The maximum atomic E-state index is 12.4. The molecule has 12 nitrogen and oxygen atoms in total. The van der Waals surface area contributed by atoms with Crippen molar-refractivity contribution in [2.24, 2.45) is 11.7 Å². The molecule has 1 aromatic carbocycles. The van der Waals surface area contributed by atoms with Crippen molar-refractivity contribution < 1.29 is 33.6 Å². The van der Waals surface area contributed by atoms with Crippen LogP contribution in [0.5, 0.6) is 0 Å². The molecule has 218 valence electrons. The van der Waals surface area contributed by atoms with Crippen LogP contribution < -0.4 is 27.0 Å². The summed E-state index contributed by atoms with van der Waals surface area (Å²) >= 11 is 0. The summed E-state index contributed by atoms with van der Waals surface area (Å²) in [5, 5.41) is 9.76. The molecule has 0 saturated carbocycles. The number of ketones is 2. The minimum absolute atomic E-state index is 0.106. The third kappa shape index (κ3) is 15.8. The van der Waals surface area contributed by atoms with Gasteiger partial charge in [0.1, 0.15) is 6.04 Å². The topological polar surface area (TPSA) is 194 Å². The van der Waals surface area contributed by atoms with E-state index in [1.54, 1.807) is 31.2 Å². The maximum absolute atomic E-state index is 12.4. The van der Waals surface area contributed by atoms with Crippen LogP contribution in [0.2, 0.25) is 0 Å². The molecule has 0 radical (unpaired) electrons. The Morgan fingerprint density at radius 1 is 0.800 bits per heavy atom. The van der Waals surface area contributed by atoms with E-state index in [1.165, 1.54) is 19.1 Å². The summed E-state index contributed by atoms with van der Waals surface area (Å²) in [6.07, 6.45) is 5.62. The van der Waals surface area contributed by atoms with E-state index >= 15 is 0 Å². The number of carbonyl (C=O) groups excluding carboxylic acids is 7. The highest BCUT2D eigenvalue weighted by molar-refractivity contribution is 5.98. The highest BCUT2D eigenvalue weighted by atomic mass is 16.2. The maximum Gasteiger partial charge on any atom is 0.243 e. The molecule has 1 rings (SSSR count). The van der Waals surface area contributed by atoms with Crippen molar-refractivity contribution in [2.75, 3.05) is 19.6 Å². The molecule has 6 N–H and O–H groups in total. The fourth-order valence-corrected chi connectivity index (χ4v) is 3.53. The predicted molar refractivity (Wildman–Crippen MR) is 147 cm³/mol. The van der Waals surface area contributed by atoms with Gasteiger partial charge in [-0.25, -0.2) is 0 Å². The standard InChI is InChI=1S/C28H39N5O7/c1-19(23(35)14-13-20(2)34)9-5-3-8-12-25(37)30-17-26(38)31-18-27(39)33-22(28(40)32-16-24(29)36)15-21-10-6-4-7-11-21/h4,6-7,10-11,13-14,19,22H,3,5,8-9,12,15-18H2,1-2H3,(H2,29,36)(H,30,37)(H,31,38)(H,32,40)(H,33,39)/b14-13-/t19?,22-/m0/s1. The van der Waals surface area contributed by atoms with Crippen LogP contribution in [-0.2, 0) is 40.0 Å². The quantitative estimate of drug-likeness (QED) is 0.115. The molecule has 0 saturated heterocycles. The number of unbranched alkanes of at least 4 members (excludes halogenated alkanes) is 2. The van der Waals surface area contributed by atoms with Gasteiger partial charge in [0.25, 0.3) is 0 Å². The first-order valence-electron chi connectivity index (χ1n) is 13.1. The summed E-state index contributed by atoms with van der Waals surface area (Å²) in [6.45, 7) is 2.06. The molecule has 0 aliphatic carbocycles. The number of benzene rings is 1. The molecule has 0 aliphatic heterocycles. The Kier molecular flexibility index (Phi) is 15.9. The Morgan fingerprint density at radius 2 is 1.45 bits per heavy atom. The lowest BCUT2D eigenvalue weighted by molar-refractivity contribution is -0.130. The number of nitrogens with two attached hydrogens (primary N) is 1. The zero-order valence-electron chi connectivity index (χ0n) is 23.0. The largest absolute Gasteiger partial charge is 0.368 e. The molecular weight excluding hydrogens is 518 g/mol. The number of primary amides is 1. The van der Waals surface area contributed by atoms with E-state index in [2.05, 4.69) is 21.3 Å². The Bertz CT molecular complexity index is 1070. The monoisotopic (exact) mass is 557 g/mol. The Labute approximate surface area is 233 Å². The average Bonchev–Trinajstić information content (AvgIpc) is 2.92. The molecule has 1 unspecified atom stereocenters. The van der Waals surface area contributed by atoms with E-state index < -0.39 is 36.2 Å². The molecule has 40 heavy (non-hydrogen) atoms. The van der Waals surface area contributed by atoms with E-state index in [4.69, 9.17) is 5.73 Å². The summed E-state index contributed by atoms with van der Waals surface area (Å²) in [5.41, 5.74) is 5.84. The Morgan fingerprint density at radius 3 is 2.10 bits per heavy atom. The lowest BCUT2D eigenvalue weighted by atomic mass is 9.98. The van der Waals surface area contributed by atoms with Gasteiger partial charge in [0, 0.05) is 18.8 Å². The van der Waals surface area contributed by atoms with Gasteiger partial charge in [-0.05, 0) is 37.5 Å². The van der Waals surface area contributed by atoms with Crippen molar-refractivity contribution in [1.82, 2.24) is 21.3 Å². The van der Waals surface area contributed by atoms with Gasteiger partial charge in [-0.15, -0.1) is 0 Å². The second kappa shape index (κ2) is 18.8. The highest BCUT2D eigenvalue weighted by Crippen LogP contribution is 2.12. The van der Waals surface area contributed by atoms with Crippen LogP contribution in [-0.4, -0.2) is 66.8 Å². The predicted octanol–water partition coefficient (Wildman–Crippen LogP) is -0.151. The zero-order valence-corrected chi connectivity index (χ0v) is 23.0. The van der Waals surface area contributed by atoms with Crippen LogP contribution >= 0.6 is 0 Å². The molecule has 0 heterocycles. The second-order valence-electron chi connectivity index (χ2n) is 9.39. The summed E-state index contributed by atoms with van der Waals surface area (Å²) in [6, 6.07) is 7.94. The summed E-state index contributed by atoms with van der Waals surface area (Å²) in [5.74, 6) is -3.34. The summed E-state index contributed by atoms with van der Waals surface area (Å²) < 4.78 is 0. The molecular formula is C28H39N5O7. The number of allylic oxidation sites excluding steroid dienone is 2. The molecule has 0 aromatic heterocycles. The van der Waals surface area contributed by atoms with E-state index in [0.29, 0.717) is 12.8 Å². The second-order valence-corrected chi connectivity index (χ2v) is 9.39. The number of nitrogens with one attached hydrogen (secondary N) is 4. The van der Waals surface area contributed by atoms with Gasteiger partial charge in [-0.3, -0.25) is 33.6 Å². The minimum atomic E-state index is -0.996. The van der Waals surface area contributed by atoms with Crippen LogP contribution in [0.4, 0.5) is 0 Å². The smallest absolute Gasteiger partial charge is 0.243 e. The number of carbonyl (C=O) groups is 7. The fourth-order valence-electron chi connectivity index (χ4n) is 3.53. The number of hydrogen-bond donors (Lipinski definition) is 5. The Balaban J connectivity index is 2.33. The average molecular weight is 558 g/mol. The molecule has 0 aliphatic rings. The first-order chi connectivity index (χ1) is 19.0. The van der Waals surface area contributed by atoms with Crippen LogP contribution in [0.1, 0.15) is 51.5 Å². The van der Waals surface area contributed by atoms with Gasteiger partial charge in [0.05, 0.1) is 19.6 Å². The molecule has 1 aromatic rings. The fraction of sp³-hybridized carbons (Fsp3) is 0.464. The summed E-state index contributed by atoms with van der Waals surface area (Å²) in [4.78, 5) is 82.6. The van der Waals surface area contributed by atoms with Gasteiger partial charge >= 0.3 is 0 Å². The van der Waals surface area contributed by atoms with Gasteiger partial charge in [-0.2, -0.15) is 0 Å². The van der Waals surface area contributed by atoms with Gasteiger partial charge in [0.15, 0.2) is 11.6 Å². The van der Waals surface area contributed by atoms with Gasteiger partial charge in [0.2, 0.25) is 29.5 Å². The summed E-state index contributed by atoms with van der Waals surface area (Å²) in [7, 11) is 0. The van der Waals surface area contributed by atoms with Crippen LogP contribution in [0.15, 0.2) is 42.5 Å². The molecule has 5 amide bonds.